The third-order valence-corrected chi connectivity index (χ3v) is 5.07. The Labute approximate surface area is 159 Å². The molecule has 1 aliphatic heterocycles. The third-order valence-electron chi connectivity index (χ3n) is 4.47. The monoisotopic (exact) mass is 412 g/mol. The van der Waals surface area contributed by atoms with Crippen molar-refractivity contribution in [3.8, 4) is 0 Å². The Kier molecular flexibility index (Phi) is 8.68. The van der Waals surface area contributed by atoms with E-state index < -0.39 is 0 Å². The molecule has 0 bridgehead atoms. The van der Waals surface area contributed by atoms with Gasteiger partial charge in [-0.2, -0.15) is 0 Å². The maximum absolute atomic E-state index is 13.3. The minimum Gasteiger partial charge on any atom is -0.357 e. The molecule has 1 fully saturated rings. The first-order chi connectivity index (χ1) is 12.1. The number of benzene rings is 1. The summed E-state index contributed by atoms with van der Waals surface area (Å²) in [6.07, 6.45) is 4.34. The van der Waals surface area contributed by atoms with E-state index in [0.717, 1.165) is 50.4 Å². The number of hydrogen-bond acceptors (Lipinski definition) is 2. The molecule has 1 heterocycles. The largest absolute Gasteiger partial charge is 0.357 e. The Morgan fingerprint density at radius 2 is 2.08 bits per heavy atom. The van der Waals surface area contributed by atoms with Crippen LogP contribution in [0.3, 0.4) is 0 Å². The molecule has 1 aliphatic rings. The molecule has 2 N–H and O–H groups in total. The quantitative estimate of drug-likeness (QED) is 0.531. The molecule has 4 nitrogen and oxygen atoms in total. The summed E-state index contributed by atoms with van der Waals surface area (Å²) >= 11 is 3.23. The number of rotatable bonds is 7. The summed E-state index contributed by atoms with van der Waals surface area (Å²) in [7, 11) is 0. The highest BCUT2D eigenvalue weighted by atomic mass is 79.9. The molecule has 0 aliphatic carbocycles. The highest BCUT2D eigenvalue weighted by molar-refractivity contribution is 9.10. The van der Waals surface area contributed by atoms with Crippen molar-refractivity contribution in [1.29, 1.82) is 0 Å². The van der Waals surface area contributed by atoms with E-state index in [1.807, 2.05) is 12.1 Å². The second-order valence-electron chi connectivity index (χ2n) is 6.52. The van der Waals surface area contributed by atoms with E-state index in [1.165, 1.54) is 19.0 Å². The molecule has 25 heavy (non-hydrogen) atoms. The van der Waals surface area contributed by atoms with Crippen LogP contribution in [-0.4, -0.2) is 49.6 Å². The number of halogens is 2. The van der Waals surface area contributed by atoms with Gasteiger partial charge in [-0.05, 0) is 72.8 Å². The number of piperidine rings is 1. The zero-order chi connectivity index (χ0) is 18.1. The second kappa shape index (κ2) is 10.8. The van der Waals surface area contributed by atoms with Crippen molar-refractivity contribution in [3.05, 3.63) is 34.1 Å². The summed E-state index contributed by atoms with van der Waals surface area (Å²) in [5.41, 5.74) is 1.08. The molecule has 1 saturated heterocycles. The van der Waals surface area contributed by atoms with Crippen LogP contribution in [0.15, 0.2) is 27.7 Å². The van der Waals surface area contributed by atoms with E-state index in [1.54, 1.807) is 0 Å². The third kappa shape index (κ3) is 6.94. The van der Waals surface area contributed by atoms with Gasteiger partial charge in [-0.1, -0.05) is 13.0 Å². The maximum Gasteiger partial charge on any atom is 0.191 e. The van der Waals surface area contributed by atoms with Gasteiger partial charge in [0, 0.05) is 32.2 Å². The minimum atomic E-state index is -0.225. The molecule has 1 aromatic rings. The van der Waals surface area contributed by atoms with Gasteiger partial charge in [-0.25, -0.2) is 4.39 Å². The van der Waals surface area contributed by atoms with Crippen LogP contribution in [0.4, 0.5) is 4.39 Å². The number of nitrogens with zero attached hydrogens (tertiary/aromatic N) is 2. The normalized spacial score (nSPS) is 16.9. The molecule has 1 aromatic carbocycles. The topological polar surface area (TPSA) is 39.7 Å². The number of guanidine groups is 1. The van der Waals surface area contributed by atoms with Crippen LogP contribution in [0.5, 0.6) is 0 Å². The lowest BCUT2D eigenvalue weighted by Crippen LogP contribution is -2.48. The SMILES string of the molecule is CCCN1CCC(NC(=NCCc2ccc(F)c(Br)c2)NCC)CC1. The van der Waals surface area contributed by atoms with Gasteiger partial charge in [0.15, 0.2) is 5.96 Å². The van der Waals surface area contributed by atoms with Gasteiger partial charge in [0.25, 0.3) is 0 Å². The lowest BCUT2D eigenvalue weighted by molar-refractivity contribution is 0.206. The van der Waals surface area contributed by atoms with Crippen molar-refractivity contribution >= 4 is 21.9 Å². The number of nitrogens with one attached hydrogen (secondary N) is 2. The van der Waals surface area contributed by atoms with E-state index in [2.05, 4.69) is 50.3 Å². The van der Waals surface area contributed by atoms with E-state index in [0.29, 0.717) is 17.1 Å². The van der Waals surface area contributed by atoms with Gasteiger partial charge >= 0.3 is 0 Å². The van der Waals surface area contributed by atoms with Crippen molar-refractivity contribution in [3.63, 3.8) is 0 Å². The fourth-order valence-electron chi connectivity index (χ4n) is 3.12. The molecule has 6 heteroatoms. The van der Waals surface area contributed by atoms with Crippen molar-refractivity contribution in [1.82, 2.24) is 15.5 Å². The molecule has 0 unspecified atom stereocenters. The predicted molar refractivity (Wildman–Crippen MR) is 107 cm³/mol. The van der Waals surface area contributed by atoms with E-state index in [-0.39, 0.29) is 5.82 Å². The zero-order valence-electron chi connectivity index (χ0n) is 15.3. The van der Waals surface area contributed by atoms with Gasteiger partial charge in [-0.15, -0.1) is 0 Å². The van der Waals surface area contributed by atoms with Crippen LogP contribution < -0.4 is 10.6 Å². The Hall–Kier alpha value is -1.14. The zero-order valence-corrected chi connectivity index (χ0v) is 16.9. The van der Waals surface area contributed by atoms with Crippen LogP contribution in [-0.2, 0) is 6.42 Å². The van der Waals surface area contributed by atoms with Gasteiger partial charge < -0.3 is 15.5 Å². The summed E-state index contributed by atoms with van der Waals surface area (Å²) in [4.78, 5) is 7.22. The lowest BCUT2D eigenvalue weighted by Gasteiger charge is -2.32. The van der Waals surface area contributed by atoms with Gasteiger partial charge in [0.1, 0.15) is 5.82 Å². The van der Waals surface area contributed by atoms with Crippen LogP contribution in [0, 0.1) is 5.82 Å². The van der Waals surface area contributed by atoms with Gasteiger partial charge in [0.2, 0.25) is 0 Å². The summed E-state index contributed by atoms with van der Waals surface area (Å²) < 4.78 is 13.8. The second-order valence-corrected chi connectivity index (χ2v) is 7.37. The molecule has 140 valence electrons. The van der Waals surface area contributed by atoms with Crippen LogP contribution in [0.25, 0.3) is 0 Å². The fourth-order valence-corrected chi connectivity index (χ4v) is 3.55. The van der Waals surface area contributed by atoms with Gasteiger partial charge in [-0.3, -0.25) is 4.99 Å². The van der Waals surface area contributed by atoms with E-state index in [9.17, 15) is 4.39 Å². The fraction of sp³-hybridized carbons (Fsp3) is 0.632. The molecule has 0 aromatic heterocycles. The van der Waals surface area contributed by atoms with Crippen molar-refractivity contribution in [2.24, 2.45) is 4.99 Å². The molecular formula is C19H30BrFN4. The summed E-state index contributed by atoms with van der Waals surface area (Å²) in [5, 5.41) is 6.90. The molecule has 2 rings (SSSR count). The predicted octanol–water partition coefficient (Wildman–Crippen LogP) is 3.56. The van der Waals surface area contributed by atoms with Crippen molar-refractivity contribution in [2.45, 2.75) is 45.6 Å². The van der Waals surface area contributed by atoms with Crippen molar-refractivity contribution in [2.75, 3.05) is 32.7 Å². The van der Waals surface area contributed by atoms with Gasteiger partial charge in [0.05, 0.1) is 4.47 Å². The smallest absolute Gasteiger partial charge is 0.191 e. The standard InChI is InChI=1S/C19H30BrFN4/c1-3-11-25-12-8-16(9-13-25)24-19(22-4-2)23-10-7-15-5-6-18(21)17(20)14-15/h5-6,14,16H,3-4,7-13H2,1-2H3,(H2,22,23,24). The molecule has 0 saturated carbocycles. The average molecular weight is 413 g/mol. The van der Waals surface area contributed by atoms with Crippen LogP contribution in [0.2, 0.25) is 0 Å². The van der Waals surface area contributed by atoms with E-state index >= 15 is 0 Å². The lowest BCUT2D eigenvalue weighted by atomic mass is 10.1. The number of likely N-dealkylation sites (tertiary alicyclic amines) is 1. The summed E-state index contributed by atoms with van der Waals surface area (Å²) in [5.74, 6) is 0.661. The highest BCUT2D eigenvalue weighted by Crippen LogP contribution is 2.17. The summed E-state index contributed by atoms with van der Waals surface area (Å²) in [6, 6.07) is 5.64. The average Bonchev–Trinajstić information content (AvgIpc) is 2.60. The molecule has 0 amide bonds. The molecular weight excluding hydrogens is 383 g/mol. The number of aliphatic imine (C=N–C) groups is 1. The first kappa shape index (κ1) is 20.2. The Bertz CT molecular complexity index is 556. The first-order valence-corrected chi connectivity index (χ1v) is 10.1. The van der Waals surface area contributed by atoms with Crippen LogP contribution >= 0.6 is 15.9 Å². The Morgan fingerprint density at radius 1 is 1.32 bits per heavy atom. The highest BCUT2D eigenvalue weighted by Gasteiger charge is 2.19. The summed E-state index contributed by atoms with van der Waals surface area (Å²) in [6.45, 7) is 9.37. The molecule has 0 radical (unpaired) electrons. The first-order valence-electron chi connectivity index (χ1n) is 9.33. The Balaban J connectivity index is 1.82. The maximum atomic E-state index is 13.3. The minimum absolute atomic E-state index is 0.225. The number of hydrogen-bond donors (Lipinski definition) is 2. The van der Waals surface area contributed by atoms with Crippen molar-refractivity contribution < 1.29 is 4.39 Å². The Morgan fingerprint density at radius 3 is 2.72 bits per heavy atom. The molecule has 0 spiro atoms. The van der Waals surface area contributed by atoms with E-state index in [4.69, 9.17) is 0 Å². The van der Waals surface area contributed by atoms with Crippen LogP contribution in [0.1, 0.15) is 38.7 Å². The molecule has 0 atom stereocenters.